The van der Waals surface area contributed by atoms with Crippen molar-refractivity contribution >= 4 is 38.9 Å². The zero-order chi connectivity index (χ0) is 11.8. The van der Waals surface area contributed by atoms with Gasteiger partial charge in [0, 0.05) is 0 Å². The Balaban J connectivity index is 2.10. The number of carboxylic acids is 1. The van der Waals surface area contributed by atoms with Gasteiger partial charge in [-0.05, 0) is 24.3 Å². The maximum atomic E-state index is 10.8. The van der Waals surface area contributed by atoms with Gasteiger partial charge in [-0.15, -0.1) is 22.7 Å². The van der Waals surface area contributed by atoms with Gasteiger partial charge in [-0.25, -0.2) is 9.78 Å². The van der Waals surface area contributed by atoms with Crippen molar-refractivity contribution in [1.82, 2.24) is 4.98 Å². The van der Waals surface area contributed by atoms with Crippen LogP contribution in [0.5, 0.6) is 0 Å². The van der Waals surface area contributed by atoms with E-state index in [0.717, 1.165) is 20.1 Å². The molecule has 5 heteroatoms. The predicted octanol–water partition coefficient (Wildman–Crippen LogP) is 3.72. The van der Waals surface area contributed by atoms with Gasteiger partial charge in [-0.3, -0.25) is 0 Å². The first kappa shape index (κ1) is 10.4. The average molecular weight is 261 g/mol. The summed E-state index contributed by atoms with van der Waals surface area (Å²) in [5, 5.41) is 9.76. The quantitative estimate of drug-likeness (QED) is 0.764. The number of thiazole rings is 1. The van der Waals surface area contributed by atoms with Crippen molar-refractivity contribution in [3.05, 3.63) is 41.3 Å². The SMILES string of the molecule is O=C(O)c1ccc(-c2nc3ccccc3s2)s1. The number of carboxylic acid groups (broad SMARTS) is 1. The first-order valence-corrected chi connectivity index (χ1v) is 6.56. The Morgan fingerprint density at radius 1 is 1.12 bits per heavy atom. The minimum absolute atomic E-state index is 0.347. The van der Waals surface area contributed by atoms with E-state index in [-0.39, 0.29) is 0 Å². The lowest BCUT2D eigenvalue weighted by molar-refractivity contribution is 0.0702. The number of benzene rings is 1. The van der Waals surface area contributed by atoms with Crippen LogP contribution >= 0.6 is 22.7 Å². The minimum atomic E-state index is -0.887. The second-order valence-corrected chi connectivity index (χ2v) is 5.57. The van der Waals surface area contributed by atoms with Crippen LogP contribution in [0.4, 0.5) is 0 Å². The molecule has 0 amide bonds. The Morgan fingerprint density at radius 2 is 1.94 bits per heavy atom. The maximum absolute atomic E-state index is 10.8. The van der Waals surface area contributed by atoms with E-state index < -0.39 is 5.97 Å². The molecule has 0 spiro atoms. The standard InChI is InChI=1S/C12H7NO2S2/c14-12(15)10-6-5-9(16-10)11-13-7-3-1-2-4-8(7)17-11/h1-6H,(H,14,15). The third kappa shape index (κ3) is 1.83. The number of para-hydroxylation sites is 1. The van der Waals surface area contributed by atoms with Gasteiger partial charge in [0.15, 0.2) is 0 Å². The average Bonchev–Trinajstić information content (AvgIpc) is 2.95. The number of aromatic nitrogens is 1. The zero-order valence-electron chi connectivity index (χ0n) is 8.58. The lowest BCUT2D eigenvalue weighted by Crippen LogP contribution is -1.89. The molecule has 84 valence electrons. The van der Waals surface area contributed by atoms with Crippen LogP contribution in [0.15, 0.2) is 36.4 Å². The van der Waals surface area contributed by atoms with Crippen LogP contribution in [0, 0.1) is 0 Å². The van der Waals surface area contributed by atoms with Gasteiger partial charge in [0.05, 0.1) is 15.1 Å². The molecule has 3 rings (SSSR count). The molecule has 1 aromatic carbocycles. The molecule has 1 N–H and O–H groups in total. The lowest BCUT2D eigenvalue weighted by atomic mass is 10.3. The molecule has 0 bridgehead atoms. The second-order valence-electron chi connectivity index (χ2n) is 3.46. The van der Waals surface area contributed by atoms with Gasteiger partial charge < -0.3 is 5.11 Å². The summed E-state index contributed by atoms with van der Waals surface area (Å²) in [4.78, 5) is 16.6. The summed E-state index contributed by atoms with van der Waals surface area (Å²) < 4.78 is 1.12. The molecule has 0 aliphatic heterocycles. The topological polar surface area (TPSA) is 50.2 Å². The molecule has 0 atom stereocenters. The van der Waals surface area contributed by atoms with E-state index in [2.05, 4.69) is 4.98 Å². The van der Waals surface area contributed by atoms with Crippen molar-refractivity contribution in [3.8, 4) is 9.88 Å². The highest BCUT2D eigenvalue weighted by atomic mass is 32.1. The Morgan fingerprint density at radius 3 is 2.65 bits per heavy atom. The van der Waals surface area contributed by atoms with Crippen LogP contribution in [0.25, 0.3) is 20.1 Å². The molecule has 0 aliphatic rings. The van der Waals surface area contributed by atoms with Crippen molar-refractivity contribution in [2.24, 2.45) is 0 Å². The van der Waals surface area contributed by atoms with Crippen LogP contribution in [0.2, 0.25) is 0 Å². The summed E-state index contributed by atoms with van der Waals surface area (Å²) in [5.41, 5.74) is 0.956. The van der Waals surface area contributed by atoms with Crippen molar-refractivity contribution in [2.75, 3.05) is 0 Å². The van der Waals surface area contributed by atoms with Gasteiger partial charge in [-0.1, -0.05) is 12.1 Å². The van der Waals surface area contributed by atoms with Gasteiger partial charge in [0.25, 0.3) is 0 Å². The van der Waals surface area contributed by atoms with Gasteiger partial charge in [0.2, 0.25) is 0 Å². The number of nitrogens with zero attached hydrogens (tertiary/aromatic N) is 1. The molecule has 2 heterocycles. The van der Waals surface area contributed by atoms with E-state index in [1.165, 1.54) is 11.3 Å². The fraction of sp³-hybridized carbons (Fsp3) is 0. The van der Waals surface area contributed by atoms with Crippen molar-refractivity contribution < 1.29 is 9.90 Å². The summed E-state index contributed by atoms with van der Waals surface area (Å²) in [5.74, 6) is -0.887. The molecular weight excluding hydrogens is 254 g/mol. The number of aromatic carboxylic acids is 1. The molecule has 0 aliphatic carbocycles. The molecule has 3 nitrogen and oxygen atoms in total. The van der Waals surface area contributed by atoms with E-state index in [4.69, 9.17) is 5.11 Å². The Hall–Kier alpha value is -1.72. The zero-order valence-corrected chi connectivity index (χ0v) is 10.2. The molecule has 17 heavy (non-hydrogen) atoms. The highest BCUT2D eigenvalue weighted by molar-refractivity contribution is 7.26. The number of carbonyl (C=O) groups is 1. The van der Waals surface area contributed by atoms with Crippen LogP contribution in [-0.2, 0) is 0 Å². The third-order valence-electron chi connectivity index (χ3n) is 2.32. The fourth-order valence-corrected chi connectivity index (χ4v) is 3.41. The van der Waals surface area contributed by atoms with Crippen LogP contribution in [-0.4, -0.2) is 16.1 Å². The number of thiophene rings is 1. The van der Waals surface area contributed by atoms with Crippen molar-refractivity contribution in [1.29, 1.82) is 0 Å². The van der Waals surface area contributed by atoms with E-state index in [0.29, 0.717) is 4.88 Å². The first-order chi connectivity index (χ1) is 8.24. The van der Waals surface area contributed by atoms with Crippen LogP contribution < -0.4 is 0 Å². The van der Waals surface area contributed by atoms with Crippen LogP contribution in [0.3, 0.4) is 0 Å². The molecule has 0 saturated carbocycles. The smallest absolute Gasteiger partial charge is 0.345 e. The van der Waals surface area contributed by atoms with E-state index >= 15 is 0 Å². The monoisotopic (exact) mass is 261 g/mol. The number of rotatable bonds is 2. The summed E-state index contributed by atoms with van der Waals surface area (Å²) in [7, 11) is 0. The predicted molar refractivity (Wildman–Crippen MR) is 69.9 cm³/mol. The summed E-state index contributed by atoms with van der Waals surface area (Å²) in [6.07, 6.45) is 0. The number of hydrogen-bond acceptors (Lipinski definition) is 4. The maximum Gasteiger partial charge on any atom is 0.345 e. The highest BCUT2D eigenvalue weighted by Gasteiger charge is 2.11. The summed E-state index contributed by atoms with van der Waals surface area (Å²) in [6.45, 7) is 0. The molecule has 2 aromatic heterocycles. The summed E-state index contributed by atoms with van der Waals surface area (Å²) >= 11 is 2.84. The molecular formula is C12H7NO2S2. The van der Waals surface area contributed by atoms with E-state index in [1.54, 1.807) is 17.4 Å². The highest BCUT2D eigenvalue weighted by Crippen LogP contribution is 2.34. The first-order valence-electron chi connectivity index (χ1n) is 4.93. The van der Waals surface area contributed by atoms with Gasteiger partial charge in [0.1, 0.15) is 9.88 Å². The Bertz CT molecular complexity index is 666. The van der Waals surface area contributed by atoms with Crippen molar-refractivity contribution in [3.63, 3.8) is 0 Å². The Kier molecular flexibility index (Phi) is 2.42. The molecule has 0 radical (unpaired) electrons. The normalized spacial score (nSPS) is 10.8. The Labute approximate surface area is 105 Å². The molecule has 0 unspecified atom stereocenters. The van der Waals surface area contributed by atoms with Gasteiger partial charge in [-0.2, -0.15) is 0 Å². The number of fused-ring (bicyclic) bond motifs is 1. The fourth-order valence-electron chi connectivity index (χ4n) is 1.55. The van der Waals surface area contributed by atoms with E-state index in [9.17, 15) is 4.79 Å². The molecule has 0 fully saturated rings. The largest absolute Gasteiger partial charge is 0.477 e. The number of hydrogen-bond donors (Lipinski definition) is 1. The molecule has 3 aromatic rings. The third-order valence-corrected chi connectivity index (χ3v) is 4.60. The second kappa shape index (κ2) is 3.94. The van der Waals surface area contributed by atoms with Crippen LogP contribution in [0.1, 0.15) is 9.67 Å². The van der Waals surface area contributed by atoms with Crippen molar-refractivity contribution in [2.45, 2.75) is 0 Å². The van der Waals surface area contributed by atoms with E-state index in [1.807, 2.05) is 30.3 Å². The van der Waals surface area contributed by atoms with Gasteiger partial charge >= 0.3 is 5.97 Å². The minimum Gasteiger partial charge on any atom is -0.477 e. The molecule has 0 saturated heterocycles. The lowest BCUT2D eigenvalue weighted by Gasteiger charge is -1.86. The summed E-state index contributed by atoms with van der Waals surface area (Å²) in [6, 6.07) is 11.3.